The van der Waals surface area contributed by atoms with Crippen molar-refractivity contribution < 1.29 is 4.79 Å². The number of ketones is 1. The fourth-order valence-corrected chi connectivity index (χ4v) is 0.954. The zero-order chi connectivity index (χ0) is 9.68. The van der Waals surface area contributed by atoms with Gasteiger partial charge in [0.05, 0.1) is 6.07 Å². The van der Waals surface area contributed by atoms with Gasteiger partial charge in [0, 0.05) is 11.8 Å². The number of nitrogens with one attached hydrogen (secondary N) is 1. The Kier molecular flexibility index (Phi) is 2.93. The Labute approximate surface area is 76.1 Å². The van der Waals surface area contributed by atoms with Crippen molar-refractivity contribution in [3.05, 3.63) is 35.9 Å². The molecule has 0 saturated carbocycles. The molecule has 0 aliphatic heterocycles. The molecular formula is C10H8N2O. The van der Waals surface area contributed by atoms with Gasteiger partial charge in [-0.15, -0.1) is 0 Å². The Bertz CT molecular complexity index is 351. The van der Waals surface area contributed by atoms with E-state index < -0.39 is 5.92 Å². The second-order valence-corrected chi connectivity index (χ2v) is 2.50. The zero-order valence-corrected chi connectivity index (χ0v) is 6.90. The largest absolute Gasteiger partial charge is 0.311 e. The van der Waals surface area contributed by atoms with Gasteiger partial charge in [-0.2, -0.15) is 5.26 Å². The van der Waals surface area contributed by atoms with Crippen molar-refractivity contribution in [1.29, 1.82) is 10.7 Å². The Morgan fingerprint density at radius 1 is 1.46 bits per heavy atom. The number of carbonyl (C=O) groups is 1. The Hall–Kier alpha value is -1.95. The summed E-state index contributed by atoms with van der Waals surface area (Å²) in [5.41, 5.74) is 0.470. The number of hydrogen-bond donors (Lipinski definition) is 1. The highest BCUT2D eigenvalue weighted by molar-refractivity contribution is 6.07. The quantitative estimate of drug-likeness (QED) is 0.556. The van der Waals surface area contributed by atoms with Gasteiger partial charge < -0.3 is 5.41 Å². The van der Waals surface area contributed by atoms with E-state index in [2.05, 4.69) is 0 Å². The van der Waals surface area contributed by atoms with E-state index in [0.717, 1.165) is 6.21 Å². The first kappa shape index (κ1) is 9.14. The SMILES string of the molecule is N#CC(C=N)C(=O)c1ccccc1. The monoisotopic (exact) mass is 172 g/mol. The molecule has 0 bridgehead atoms. The van der Waals surface area contributed by atoms with Gasteiger partial charge in [0.1, 0.15) is 5.92 Å². The van der Waals surface area contributed by atoms with Crippen molar-refractivity contribution in [2.45, 2.75) is 0 Å². The highest BCUT2D eigenvalue weighted by Crippen LogP contribution is 2.06. The van der Waals surface area contributed by atoms with E-state index in [1.54, 1.807) is 36.4 Å². The molecule has 0 fully saturated rings. The maximum Gasteiger partial charge on any atom is 0.185 e. The third kappa shape index (κ3) is 2.00. The van der Waals surface area contributed by atoms with E-state index in [-0.39, 0.29) is 5.78 Å². The third-order valence-corrected chi connectivity index (χ3v) is 1.65. The van der Waals surface area contributed by atoms with Crippen molar-refractivity contribution in [2.75, 3.05) is 0 Å². The van der Waals surface area contributed by atoms with Gasteiger partial charge in [-0.3, -0.25) is 4.79 Å². The number of hydrogen-bond acceptors (Lipinski definition) is 3. The van der Waals surface area contributed by atoms with Crippen LogP contribution in [0.1, 0.15) is 10.4 Å². The van der Waals surface area contributed by atoms with Crippen LogP contribution in [0.4, 0.5) is 0 Å². The maximum absolute atomic E-state index is 11.4. The van der Waals surface area contributed by atoms with Gasteiger partial charge in [0.2, 0.25) is 0 Å². The predicted molar refractivity (Wildman–Crippen MR) is 48.7 cm³/mol. The standard InChI is InChI=1S/C10H8N2O/c11-6-9(7-12)10(13)8-4-2-1-3-5-8/h1-6,9,11H. The van der Waals surface area contributed by atoms with Gasteiger partial charge in [-0.05, 0) is 0 Å². The van der Waals surface area contributed by atoms with Crippen LogP contribution in [0, 0.1) is 22.7 Å². The van der Waals surface area contributed by atoms with Crippen molar-refractivity contribution in [3.63, 3.8) is 0 Å². The minimum atomic E-state index is -0.956. The lowest BCUT2D eigenvalue weighted by atomic mass is 10.0. The lowest BCUT2D eigenvalue weighted by Crippen LogP contribution is -2.13. The molecule has 1 aromatic carbocycles. The molecule has 3 heteroatoms. The summed E-state index contributed by atoms with van der Waals surface area (Å²) in [5.74, 6) is -1.28. The van der Waals surface area contributed by atoms with Crippen LogP contribution < -0.4 is 0 Å². The lowest BCUT2D eigenvalue weighted by molar-refractivity contribution is 0.0976. The minimum absolute atomic E-state index is 0.321. The minimum Gasteiger partial charge on any atom is -0.311 e. The Balaban J connectivity index is 2.93. The molecule has 3 nitrogen and oxygen atoms in total. The number of Topliss-reactive ketones (excluding diaryl/α,β-unsaturated/α-hetero) is 1. The normalized spacial score (nSPS) is 11.3. The van der Waals surface area contributed by atoms with Gasteiger partial charge in [-0.25, -0.2) is 0 Å². The second-order valence-electron chi connectivity index (χ2n) is 2.50. The summed E-state index contributed by atoms with van der Waals surface area (Å²) in [7, 11) is 0. The molecule has 64 valence electrons. The number of carbonyl (C=O) groups excluding carboxylic acids is 1. The molecule has 0 aliphatic rings. The average Bonchev–Trinajstić information content (AvgIpc) is 2.21. The summed E-state index contributed by atoms with van der Waals surface area (Å²) >= 11 is 0. The first-order chi connectivity index (χ1) is 6.29. The second kappa shape index (κ2) is 4.17. The van der Waals surface area contributed by atoms with E-state index in [1.807, 2.05) is 0 Å². The van der Waals surface area contributed by atoms with Crippen LogP contribution in [0.15, 0.2) is 30.3 Å². The van der Waals surface area contributed by atoms with Crippen LogP contribution in [0.3, 0.4) is 0 Å². The zero-order valence-electron chi connectivity index (χ0n) is 6.90. The molecule has 0 amide bonds. The topological polar surface area (TPSA) is 64.7 Å². The fourth-order valence-electron chi connectivity index (χ4n) is 0.954. The van der Waals surface area contributed by atoms with Gasteiger partial charge >= 0.3 is 0 Å². The summed E-state index contributed by atoms with van der Waals surface area (Å²) in [5, 5.41) is 15.4. The van der Waals surface area contributed by atoms with E-state index in [4.69, 9.17) is 10.7 Å². The molecule has 0 saturated heterocycles. The van der Waals surface area contributed by atoms with Crippen molar-refractivity contribution in [1.82, 2.24) is 0 Å². The Morgan fingerprint density at radius 3 is 2.54 bits per heavy atom. The molecule has 0 aliphatic carbocycles. The van der Waals surface area contributed by atoms with Crippen LogP contribution in [0.25, 0.3) is 0 Å². The molecular weight excluding hydrogens is 164 g/mol. The first-order valence-corrected chi connectivity index (χ1v) is 3.79. The third-order valence-electron chi connectivity index (χ3n) is 1.65. The predicted octanol–water partition coefficient (Wildman–Crippen LogP) is 1.66. The Morgan fingerprint density at radius 2 is 2.08 bits per heavy atom. The molecule has 1 N–H and O–H groups in total. The molecule has 0 heterocycles. The van der Waals surface area contributed by atoms with Crippen LogP contribution in [0.2, 0.25) is 0 Å². The lowest BCUT2D eigenvalue weighted by Gasteiger charge is -2.00. The summed E-state index contributed by atoms with van der Waals surface area (Å²) < 4.78 is 0. The van der Waals surface area contributed by atoms with E-state index >= 15 is 0 Å². The van der Waals surface area contributed by atoms with Crippen LogP contribution in [-0.2, 0) is 0 Å². The maximum atomic E-state index is 11.4. The summed E-state index contributed by atoms with van der Waals surface area (Å²) in [6.07, 6.45) is 0.856. The van der Waals surface area contributed by atoms with Crippen molar-refractivity contribution in [2.24, 2.45) is 5.92 Å². The van der Waals surface area contributed by atoms with Gasteiger partial charge in [-0.1, -0.05) is 30.3 Å². The van der Waals surface area contributed by atoms with Crippen molar-refractivity contribution in [3.8, 4) is 6.07 Å². The van der Waals surface area contributed by atoms with Crippen LogP contribution >= 0.6 is 0 Å². The summed E-state index contributed by atoms with van der Waals surface area (Å²) in [6.45, 7) is 0. The smallest absolute Gasteiger partial charge is 0.185 e. The number of benzene rings is 1. The number of rotatable bonds is 3. The molecule has 0 radical (unpaired) electrons. The summed E-state index contributed by atoms with van der Waals surface area (Å²) in [4.78, 5) is 11.4. The molecule has 1 unspecified atom stereocenters. The highest BCUT2D eigenvalue weighted by atomic mass is 16.1. The highest BCUT2D eigenvalue weighted by Gasteiger charge is 2.15. The van der Waals surface area contributed by atoms with E-state index in [1.165, 1.54) is 0 Å². The van der Waals surface area contributed by atoms with Crippen LogP contribution in [0.5, 0.6) is 0 Å². The molecule has 0 spiro atoms. The van der Waals surface area contributed by atoms with E-state index in [0.29, 0.717) is 5.56 Å². The molecule has 1 atom stereocenters. The van der Waals surface area contributed by atoms with Gasteiger partial charge in [0.15, 0.2) is 5.78 Å². The van der Waals surface area contributed by atoms with E-state index in [9.17, 15) is 4.79 Å². The molecule has 0 aromatic heterocycles. The number of nitriles is 1. The summed E-state index contributed by atoms with van der Waals surface area (Å²) in [6, 6.07) is 10.3. The average molecular weight is 172 g/mol. The van der Waals surface area contributed by atoms with Crippen molar-refractivity contribution >= 4 is 12.0 Å². The number of nitrogens with zero attached hydrogens (tertiary/aromatic N) is 1. The first-order valence-electron chi connectivity index (χ1n) is 3.79. The molecule has 1 aromatic rings. The molecule has 13 heavy (non-hydrogen) atoms. The fraction of sp³-hybridized carbons (Fsp3) is 0.100. The molecule has 1 rings (SSSR count). The van der Waals surface area contributed by atoms with Crippen LogP contribution in [-0.4, -0.2) is 12.0 Å². The van der Waals surface area contributed by atoms with Gasteiger partial charge in [0.25, 0.3) is 0 Å².